The van der Waals surface area contributed by atoms with Crippen LogP contribution in [-0.4, -0.2) is 38.1 Å². The molecule has 2 atom stereocenters. The van der Waals surface area contributed by atoms with Gasteiger partial charge in [-0.3, -0.25) is 0 Å². The van der Waals surface area contributed by atoms with Gasteiger partial charge in [-0.2, -0.15) is 0 Å². The quantitative estimate of drug-likeness (QED) is 0.632. The molecular weight excluding hydrogens is 340 g/mol. The van der Waals surface area contributed by atoms with Crippen molar-refractivity contribution >= 4 is 5.97 Å². The number of fused-ring (bicyclic) bond motifs is 1. The molecule has 27 heavy (non-hydrogen) atoms. The Morgan fingerprint density at radius 1 is 1.26 bits per heavy atom. The molecule has 0 saturated heterocycles. The van der Waals surface area contributed by atoms with Crippen LogP contribution in [0.2, 0.25) is 0 Å². The van der Waals surface area contributed by atoms with Crippen LogP contribution in [0.4, 0.5) is 4.39 Å². The third-order valence-corrected chi connectivity index (χ3v) is 5.12. The Labute approximate surface area is 171 Å². The van der Waals surface area contributed by atoms with Gasteiger partial charge in [-0.25, -0.2) is 4.39 Å². The van der Waals surface area contributed by atoms with E-state index >= 15 is 0 Å². The van der Waals surface area contributed by atoms with Crippen LogP contribution in [-0.2, 0) is 11.2 Å². The number of benzene rings is 2. The fourth-order valence-corrected chi connectivity index (χ4v) is 3.99. The molecule has 0 amide bonds. The maximum absolute atomic E-state index is 13.4. The van der Waals surface area contributed by atoms with Gasteiger partial charge >= 0.3 is 18.9 Å². The number of carboxylic acids is 1. The molecule has 0 saturated carbocycles. The van der Waals surface area contributed by atoms with Crippen LogP contribution in [0.25, 0.3) is 0 Å². The first-order chi connectivity index (χ1) is 12.5. The molecule has 2 aromatic carbocycles. The largest absolute Gasteiger partial charge is 1.00 e. The minimum atomic E-state index is -1.08. The fraction of sp³-hybridized carbons (Fsp3) is 0.381. The summed E-state index contributed by atoms with van der Waals surface area (Å²) in [4.78, 5) is 12.7. The van der Waals surface area contributed by atoms with Crippen LogP contribution in [0, 0.1) is 11.7 Å². The molecule has 138 valence electrons. The van der Waals surface area contributed by atoms with Crippen molar-refractivity contribution in [3.63, 3.8) is 0 Å². The van der Waals surface area contributed by atoms with Crippen LogP contribution < -0.4 is 28.7 Å². The van der Waals surface area contributed by atoms with Crippen LogP contribution in [0.5, 0.6) is 5.75 Å². The second-order valence-corrected chi connectivity index (χ2v) is 6.96. The molecule has 4 nitrogen and oxygen atoms in total. The van der Waals surface area contributed by atoms with E-state index in [0.717, 1.165) is 24.2 Å². The zero-order chi connectivity index (χ0) is 18.7. The number of halogens is 1. The standard InChI is InChI=1S/C21H24FNO3.Li/c1-23(13-20(24)25)12-16-4-3-15-11-18(26-2)9-10-19(15)21(16)14-5-7-17(22)8-6-14;/h5-11,16,21H,3-4,12-13H2,1-2H3,(H,24,25);/q;+1/p-1/t16-,21+;/m1./s1. The smallest absolute Gasteiger partial charge is 0.549 e. The van der Waals surface area contributed by atoms with E-state index in [-0.39, 0.29) is 43.1 Å². The van der Waals surface area contributed by atoms with Gasteiger partial charge in [0.05, 0.1) is 13.1 Å². The first-order valence-electron chi connectivity index (χ1n) is 8.78. The summed E-state index contributed by atoms with van der Waals surface area (Å²) in [7, 11) is 3.45. The summed E-state index contributed by atoms with van der Waals surface area (Å²) in [6.07, 6.45) is 1.84. The SMILES string of the molecule is COc1ccc2c(c1)CC[C@H](CN(C)CC(=O)[O-])[C@@H]2c1ccc(F)cc1.[Li+]. The minimum Gasteiger partial charge on any atom is -0.549 e. The molecule has 0 radical (unpaired) electrons. The number of carboxylic acid groups (broad SMARTS) is 1. The number of hydrogen-bond donors (Lipinski definition) is 0. The number of carbonyl (C=O) groups excluding carboxylic acids is 1. The van der Waals surface area contributed by atoms with Crippen LogP contribution >= 0.6 is 0 Å². The topological polar surface area (TPSA) is 52.6 Å². The molecular formula is C21H23FLiNO3. The van der Waals surface area contributed by atoms with Gasteiger partial charge in [0.25, 0.3) is 0 Å². The molecule has 0 bridgehead atoms. The molecule has 3 rings (SSSR count). The van der Waals surface area contributed by atoms with Crippen LogP contribution in [0.1, 0.15) is 29.0 Å². The summed E-state index contributed by atoms with van der Waals surface area (Å²) in [6.45, 7) is 0.545. The molecule has 0 N–H and O–H groups in total. The van der Waals surface area contributed by atoms with Crippen molar-refractivity contribution in [2.75, 3.05) is 27.2 Å². The number of aryl methyl sites for hydroxylation is 1. The minimum absolute atomic E-state index is 0. The maximum Gasteiger partial charge on any atom is 1.00 e. The number of rotatable bonds is 6. The van der Waals surface area contributed by atoms with Gasteiger partial charge in [-0.1, -0.05) is 18.2 Å². The van der Waals surface area contributed by atoms with Crippen molar-refractivity contribution < 1.29 is 37.9 Å². The van der Waals surface area contributed by atoms with Gasteiger partial charge in [0.15, 0.2) is 0 Å². The van der Waals surface area contributed by atoms with Crippen molar-refractivity contribution in [1.29, 1.82) is 0 Å². The molecule has 6 heteroatoms. The maximum atomic E-state index is 13.4. The Morgan fingerprint density at radius 3 is 2.59 bits per heavy atom. The van der Waals surface area contributed by atoms with Gasteiger partial charge in [0, 0.05) is 19.0 Å². The predicted molar refractivity (Wildman–Crippen MR) is 95.6 cm³/mol. The molecule has 0 unspecified atom stereocenters. The third-order valence-electron chi connectivity index (χ3n) is 5.12. The van der Waals surface area contributed by atoms with E-state index in [0.29, 0.717) is 6.54 Å². The average molecular weight is 363 g/mol. The van der Waals surface area contributed by atoms with Gasteiger partial charge in [-0.15, -0.1) is 0 Å². The van der Waals surface area contributed by atoms with Gasteiger partial charge < -0.3 is 19.5 Å². The number of ether oxygens (including phenoxy) is 1. The normalized spacial score (nSPS) is 18.5. The Kier molecular flexibility index (Phi) is 7.49. The molecule has 0 aliphatic heterocycles. The van der Waals surface area contributed by atoms with E-state index in [1.807, 2.05) is 18.2 Å². The Morgan fingerprint density at radius 2 is 1.96 bits per heavy atom. The first kappa shape index (κ1) is 21.5. The van der Waals surface area contributed by atoms with Gasteiger partial charge in [0.2, 0.25) is 0 Å². The molecule has 0 spiro atoms. The second kappa shape index (κ2) is 9.41. The molecule has 0 heterocycles. The van der Waals surface area contributed by atoms with Crippen molar-refractivity contribution in [3.05, 3.63) is 65.0 Å². The fourth-order valence-electron chi connectivity index (χ4n) is 3.99. The summed E-state index contributed by atoms with van der Waals surface area (Å²) in [5, 5.41) is 10.9. The number of likely N-dealkylation sites (N-methyl/N-ethyl adjacent to an activating group) is 1. The Hall–Kier alpha value is -1.80. The number of nitrogens with zero attached hydrogens (tertiary/aromatic N) is 1. The zero-order valence-electron chi connectivity index (χ0n) is 16.1. The number of aliphatic carboxylic acids is 1. The number of carbonyl (C=O) groups is 1. The average Bonchev–Trinajstić information content (AvgIpc) is 2.61. The van der Waals surface area contributed by atoms with Crippen molar-refractivity contribution in [3.8, 4) is 5.75 Å². The summed E-state index contributed by atoms with van der Waals surface area (Å²) in [6, 6.07) is 12.7. The summed E-state index contributed by atoms with van der Waals surface area (Å²) >= 11 is 0. The van der Waals surface area contributed by atoms with Crippen molar-refractivity contribution in [2.24, 2.45) is 5.92 Å². The Bertz CT molecular complexity index is 781. The van der Waals surface area contributed by atoms with E-state index in [1.165, 1.54) is 23.3 Å². The zero-order valence-corrected chi connectivity index (χ0v) is 16.1. The van der Waals surface area contributed by atoms with E-state index in [4.69, 9.17) is 4.74 Å². The summed E-state index contributed by atoms with van der Waals surface area (Å²) < 4.78 is 18.7. The molecule has 0 fully saturated rings. The Balaban J connectivity index is 0.00000261. The molecule has 0 aromatic heterocycles. The monoisotopic (exact) mass is 363 g/mol. The first-order valence-corrected chi connectivity index (χ1v) is 8.78. The van der Waals surface area contributed by atoms with Crippen LogP contribution in [0.15, 0.2) is 42.5 Å². The number of methoxy groups -OCH3 is 1. The molecule has 1 aliphatic rings. The van der Waals surface area contributed by atoms with Crippen molar-refractivity contribution in [2.45, 2.75) is 18.8 Å². The third kappa shape index (κ3) is 5.13. The van der Waals surface area contributed by atoms with E-state index in [9.17, 15) is 14.3 Å². The van der Waals surface area contributed by atoms with E-state index < -0.39 is 5.97 Å². The molecule has 1 aliphatic carbocycles. The summed E-state index contributed by atoms with van der Waals surface area (Å²) in [5.41, 5.74) is 3.48. The van der Waals surface area contributed by atoms with Crippen LogP contribution in [0.3, 0.4) is 0 Å². The molecule has 2 aromatic rings. The second-order valence-electron chi connectivity index (χ2n) is 6.96. The van der Waals surface area contributed by atoms with E-state index in [1.54, 1.807) is 19.1 Å². The van der Waals surface area contributed by atoms with Gasteiger partial charge in [0.1, 0.15) is 11.6 Å². The predicted octanol–water partition coefficient (Wildman–Crippen LogP) is -0.786. The van der Waals surface area contributed by atoms with E-state index in [2.05, 4.69) is 12.1 Å². The van der Waals surface area contributed by atoms with Crippen molar-refractivity contribution in [1.82, 2.24) is 4.90 Å². The number of hydrogen-bond acceptors (Lipinski definition) is 4. The summed E-state index contributed by atoms with van der Waals surface area (Å²) in [5.74, 6) is -0.175. The van der Waals surface area contributed by atoms with Gasteiger partial charge in [-0.05, 0) is 66.8 Å².